The second-order valence-electron chi connectivity index (χ2n) is 2.08. The van der Waals surface area contributed by atoms with E-state index < -0.39 is 0 Å². The first-order chi connectivity index (χ1) is 4.97. The molecule has 0 aliphatic carbocycles. The quantitative estimate of drug-likeness (QED) is 0.662. The van der Waals surface area contributed by atoms with Crippen LogP contribution in [0.4, 0.5) is 0 Å². The molecule has 1 fully saturated rings. The molecule has 53 valence electrons. The first kappa shape index (κ1) is 6.31. The standard InChI is InChI=1S/C7H8NOS/c1-2-6(9-4-1)7-8-3-5-10-7/h1-2,4,8H,3,5H2. The minimum atomic E-state index is 0.961. The van der Waals surface area contributed by atoms with E-state index in [4.69, 9.17) is 4.42 Å². The van der Waals surface area contributed by atoms with Crippen molar-refractivity contribution >= 4 is 11.8 Å². The Labute approximate surface area is 64.0 Å². The van der Waals surface area contributed by atoms with E-state index in [1.807, 2.05) is 23.9 Å². The van der Waals surface area contributed by atoms with Crippen LogP contribution in [0.15, 0.2) is 22.8 Å². The Bertz CT molecular complexity index is 191. The molecule has 1 aliphatic rings. The first-order valence-corrected chi connectivity index (χ1v) is 4.23. The average molecular weight is 154 g/mol. The second kappa shape index (κ2) is 2.68. The molecule has 0 amide bonds. The first-order valence-electron chi connectivity index (χ1n) is 3.24. The fourth-order valence-corrected chi connectivity index (χ4v) is 1.81. The van der Waals surface area contributed by atoms with Crippen molar-refractivity contribution in [2.24, 2.45) is 0 Å². The van der Waals surface area contributed by atoms with Crippen LogP contribution < -0.4 is 5.32 Å². The Morgan fingerprint density at radius 2 is 2.60 bits per heavy atom. The minimum Gasteiger partial charge on any atom is -0.466 e. The third kappa shape index (κ3) is 1.07. The van der Waals surface area contributed by atoms with Crippen molar-refractivity contribution < 1.29 is 4.42 Å². The Morgan fingerprint density at radius 3 is 3.20 bits per heavy atom. The van der Waals surface area contributed by atoms with E-state index >= 15 is 0 Å². The third-order valence-corrected chi connectivity index (χ3v) is 2.42. The number of furan rings is 1. The number of hydrogen-bond acceptors (Lipinski definition) is 3. The third-order valence-electron chi connectivity index (χ3n) is 1.38. The molecule has 0 aromatic carbocycles. The van der Waals surface area contributed by atoms with Crippen molar-refractivity contribution in [3.8, 4) is 0 Å². The van der Waals surface area contributed by atoms with Crippen LogP contribution in [0.2, 0.25) is 0 Å². The van der Waals surface area contributed by atoms with E-state index in [1.54, 1.807) is 6.26 Å². The molecule has 1 N–H and O–H groups in total. The normalized spacial score (nSPS) is 20.0. The van der Waals surface area contributed by atoms with Crippen molar-refractivity contribution in [3.63, 3.8) is 0 Å². The second-order valence-corrected chi connectivity index (χ2v) is 3.19. The van der Waals surface area contributed by atoms with Crippen LogP contribution >= 0.6 is 11.8 Å². The van der Waals surface area contributed by atoms with Gasteiger partial charge in [-0.2, -0.15) is 0 Å². The van der Waals surface area contributed by atoms with E-state index in [0.29, 0.717) is 0 Å². The average Bonchev–Trinajstić information content (AvgIpc) is 2.59. The van der Waals surface area contributed by atoms with E-state index in [1.165, 1.54) is 5.37 Å². The lowest BCUT2D eigenvalue weighted by atomic mass is 10.4. The van der Waals surface area contributed by atoms with Crippen LogP contribution in [0.1, 0.15) is 5.76 Å². The summed E-state index contributed by atoms with van der Waals surface area (Å²) in [7, 11) is 0. The smallest absolute Gasteiger partial charge is 0.159 e. The molecule has 0 spiro atoms. The summed E-state index contributed by atoms with van der Waals surface area (Å²) < 4.78 is 5.20. The maximum atomic E-state index is 5.20. The largest absolute Gasteiger partial charge is 0.466 e. The summed E-state index contributed by atoms with van der Waals surface area (Å²) in [5.74, 6) is 2.11. The minimum absolute atomic E-state index is 0.961. The predicted molar refractivity (Wildman–Crippen MR) is 41.5 cm³/mol. The zero-order valence-corrected chi connectivity index (χ0v) is 6.28. The van der Waals surface area contributed by atoms with Gasteiger partial charge >= 0.3 is 0 Å². The summed E-state index contributed by atoms with van der Waals surface area (Å²) in [6.07, 6.45) is 1.70. The van der Waals surface area contributed by atoms with Crippen molar-refractivity contribution in [1.82, 2.24) is 5.32 Å². The molecular formula is C7H8NOS. The van der Waals surface area contributed by atoms with Gasteiger partial charge in [-0.05, 0) is 12.1 Å². The molecule has 1 saturated heterocycles. The van der Waals surface area contributed by atoms with Gasteiger partial charge in [0.1, 0.15) is 5.76 Å². The van der Waals surface area contributed by atoms with Gasteiger partial charge in [-0.3, -0.25) is 5.32 Å². The molecule has 0 unspecified atom stereocenters. The molecule has 1 aliphatic heterocycles. The van der Waals surface area contributed by atoms with Gasteiger partial charge in [-0.1, -0.05) is 0 Å². The zero-order chi connectivity index (χ0) is 6.81. The molecule has 0 atom stereocenters. The summed E-state index contributed by atoms with van der Waals surface area (Å²) in [4.78, 5) is 0. The topological polar surface area (TPSA) is 25.2 Å². The van der Waals surface area contributed by atoms with Crippen molar-refractivity contribution in [2.45, 2.75) is 0 Å². The van der Waals surface area contributed by atoms with Gasteiger partial charge in [-0.25, -0.2) is 0 Å². The molecular weight excluding hydrogens is 146 g/mol. The Hall–Kier alpha value is -0.410. The number of thioether (sulfide) groups is 1. The number of nitrogens with one attached hydrogen (secondary N) is 1. The fourth-order valence-electron chi connectivity index (χ4n) is 0.935. The molecule has 2 nitrogen and oxygen atoms in total. The number of hydrogen-bond donors (Lipinski definition) is 1. The molecule has 10 heavy (non-hydrogen) atoms. The van der Waals surface area contributed by atoms with Crippen LogP contribution in [-0.4, -0.2) is 12.3 Å². The molecule has 3 heteroatoms. The van der Waals surface area contributed by atoms with Crippen molar-refractivity contribution in [3.05, 3.63) is 29.5 Å². The van der Waals surface area contributed by atoms with E-state index in [-0.39, 0.29) is 0 Å². The Kier molecular flexibility index (Phi) is 1.69. The van der Waals surface area contributed by atoms with Gasteiger partial charge in [0.05, 0.1) is 6.26 Å². The Morgan fingerprint density at radius 1 is 1.60 bits per heavy atom. The van der Waals surface area contributed by atoms with Gasteiger partial charge in [-0.15, -0.1) is 11.8 Å². The van der Waals surface area contributed by atoms with E-state index in [9.17, 15) is 0 Å². The van der Waals surface area contributed by atoms with Gasteiger partial charge in [0, 0.05) is 12.3 Å². The van der Waals surface area contributed by atoms with Crippen LogP contribution in [0.5, 0.6) is 0 Å². The summed E-state index contributed by atoms with van der Waals surface area (Å²) in [6, 6.07) is 3.88. The molecule has 2 rings (SSSR count). The van der Waals surface area contributed by atoms with Crippen LogP contribution in [0, 0.1) is 5.37 Å². The van der Waals surface area contributed by atoms with Gasteiger partial charge in [0.25, 0.3) is 0 Å². The number of rotatable bonds is 1. The molecule has 0 bridgehead atoms. The highest BCUT2D eigenvalue weighted by Gasteiger charge is 2.19. The SMILES string of the molecule is c1coc([C]2NCCS2)c1. The monoisotopic (exact) mass is 154 g/mol. The zero-order valence-electron chi connectivity index (χ0n) is 5.46. The maximum Gasteiger partial charge on any atom is 0.159 e. The Balaban J connectivity index is 2.12. The van der Waals surface area contributed by atoms with Crippen molar-refractivity contribution in [1.29, 1.82) is 0 Å². The lowest BCUT2D eigenvalue weighted by Gasteiger charge is -2.01. The lowest BCUT2D eigenvalue weighted by Crippen LogP contribution is -2.11. The van der Waals surface area contributed by atoms with Crippen LogP contribution in [-0.2, 0) is 0 Å². The summed E-state index contributed by atoms with van der Waals surface area (Å²) in [5.41, 5.74) is 0. The maximum absolute atomic E-state index is 5.20. The van der Waals surface area contributed by atoms with E-state index in [2.05, 4.69) is 5.32 Å². The predicted octanol–water partition coefficient (Wildman–Crippen LogP) is 1.45. The summed E-state index contributed by atoms with van der Waals surface area (Å²) in [5, 5.41) is 4.42. The van der Waals surface area contributed by atoms with Crippen LogP contribution in [0.3, 0.4) is 0 Å². The molecule has 1 aromatic rings. The highest BCUT2D eigenvalue weighted by molar-refractivity contribution is 8.02. The molecule has 2 heterocycles. The molecule has 0 saturated carbocycles. The van der Waals surface area contributed by atoms with E-state index in [0.717, 1.165) is 18.1 Å². The van der Waals surface area contributed by atoms with Crippen LogP contribution in [0.25, 0.3) is 0 Å². The molecule has 1 aromatic heterocycles. The summed E-state index contributed by atoms with van der Waals surface area (Å²) in [6.45, 7) is 1.06. The lowest BCUT2D eigenvalue weighted by molar-refractivity contribution is 0.527. The fraction of sp³-hybridized carbons (Fsp3) is 0.286. The van der Waals surface area contributed by atoms with Crippen molar-refractivity contribution in [2.75, 3.05) is 12.3 Å². The highest BCUT2D eigenvalue weighted by atomic mass is 32.2. The molecule has 1 radical (unpaired) electrons. The van der Waals surface area contributed by atoms with Gasteiger partial charge < -0.3 is 4.42 Å². The van der Waals surface area contributed by atoms with Gasteiger partial charge in [0.2, 0.25) is 0 Å². The van der Waals surface area contributed by atoms with Gasteiger partial charge in [0.15, 0.2) is 5.37 Å². The highest BCUT2D eigenvalue weighted by Crippen LogP contribution is 2.28. The summed E-state index contributed by atoms with van der Waals surface area (Å²) >= 11 is 1.81.